The molecule has 4 aromatic rings. The van der Waals surface area contributed by atoms with Crippen LogP contribution in [0.5, 0.6) is 5.88 Å². The van der Waals surface area contributed by atoms with Crippen LogP contribution in [-0.2, 0) is 11.2 Å². The number of aromatic amines is 2. The van der Waals surface area contributed by atoms with Crippen LogP contribution in [0.1, 0.15) is 29.0 Å². The molecule has 2 atom stereocenters. The first-order chi connectivity index (χ1) is 16.9. The van der Waals surface area contributed by atoms with Crippen molar-refractivity contribution in [1.29, 1.82) is 0 Å². The summed E-state index contributed by atoms with van der Waals surface area (Å²) < 4.78 is 5.18. The summed E-state index contributed by atoms with van der Waals surface area (Å²) in [5.41, 5.74) is 8.83. The summed E-state index contributed by atoms with van der Waals surface area (Å²) in [5.74, 6) is -0.492. The highest BCUT2D eigenvalue weighted by Crippen LogP contribution is 2.31. The highest BCUT2D eigenvalue weighted by molar-refractivity contribution is 6.33. The summed E-state index contributed by atoms with van der Waals surface area (Å²) in [4.78, 5) is 31.4. The number of likely N-dealkylation sites (tertiary alicyclic amines) is 1. The summed E-state index contributed by atoms with van der Waals surface area (Å²) in [7, 11) is 1.51. The Bertz CT molecular complexity index is 1400. The van der Waals surface area contributed by atoms with Gasteiger partial charge in [0.2, 0.25) is 11.8 Å². The van der Waals surface area contributed by atoms with Crippen molar-refractivity contribution in [3.63, 3.8) is 0 Å². The number of nitrogens with one attached hydrogen (secondary N) is 2. The fourth-order valence-electron chi connectivity index (χ4n) is 4.62. The maximum absolute atomic E-state index is 13.6. The van der Waals surface area contributed by atoms with Crippen molar-refractivity contribution < 1.29 is 14.3 Å². The zero-order valence-corrected chi connectivity index (χ0v) is 19.7. The quantitative estimate of drug-likeness (QED) is 0.377. The van der Waals surface area contributed by atoms with Crippen LogP contribution >= 0.6 is 11.6 Å². The lowest BCUT2D eigenvalue weighted by Crippen LogP contribution is -2.49. The van der Waals surface area contributed by atoms with E-state index in [2.05, 4.69) is 25.4 Å². The molecule has 0 saturated carbocycles. The number of nitrogens with two attached hydrogens (primary N) is 1. The second kappa shape index (κ2) is 9.38. The molecule has 5 rings (SSSR count). The first-order valence-electron chi connectivity index (χ1n) is 11.2. The third kappa shape index (κ3) is 4.44. The minimum atomic E-state index is -0.350. The van der Waals surface area contributed by atoms with E-state index in [0.29, 0.717) is 48.0 Å². The van der Waals surface area contributed by atoms with E-state index in [4.69, 9.17) is 22.1 Å². The molecule has 0 radical (unpaired) electrons. The second-order valence-corrected chi connectivity index (χ2v) is 8.98. The smallest absolute Gasteiger partial charge is 0.274 e. The third-order valence-corrected chi connectivity index (χ3v) is 6.79. The van der Waals surface area contributed by atoms with Gasteiger partial charge >= 0.3 is 0 Å². The van der Waals surface area contributed by atoms with Crippen LogP contribution in [0.25, 0.3) is 22.2 Å². The topological polar surface area (TPSA) is 143 Å². The average molecular weight is 494 g/mol. The molecular formula is C24H24ClN7O3. The Morgan fingerprint density at radius 1 is 1.23 bits per heavy atom. The molecular weight excluding hydrogens is 470 g/mol. The number of pyridine rings is 1. The summed E-state index contributed by atoms with van der Waals surface area (Å²) in [6.45, 7) is 0.394. The molecule has 35 heavy (non-hydrogen) atoms. The number of H-pyrrole nitrogens is 2. The van der Waals surface area contributed by atoms with Gasteiger partial charge < -0.3 is 15.4 Å². The van der Waals surface area contributed by atoms with Gasteiger partial charge in [-0.05, 0) is 25.0 Å². The predicted octanol–water partition coefficient (Wildman–Crippen LogP) is 2.96. The number of ether oxygens (including phenoxy) is 1. The van der Waals surface area contributed by atoms with Crippen molar-refractivity contribution in [2.24, 2.45) is 11.7 Å². The zero-order valence-electron chi connectivity index (χ0n) is 19.0. The molecule has 0 bridgehead atoms. The van der Waals surface area contributed by atoms with Gasteiger partial charge in [0, 0.05) is 41.9 Å². The van der Waals surface area contributed by atoms with E-state index in [1.165, 1.54) is 13.3 Å². The molecule has 4 heterocycles. The molecule has 11 heteroatoms. The number of primary amides is 1. The summed E-state index contributed by atoms with van der Waals surface area (Å²) >= 11 is 6.31. The number of carbonyl (C=O) groups excluding carboxylic acids is 2. The Balaban J connectivity index is 1.43. The van der Waals surface area contributed by atoms with Crippen LogP contribution in [0.4, 0.5) is 0 Å². The van der Waals surface area contributed by atoms with Crippen molar-refractivity contribution in [1.82, 2.24) is 30.3 Å². The Labute approximate surface area is 205 Å². The summed E-state index contributed by atoms with van der Waals surface area (Å²) in [5, 5.41) is 16.0. The maximum atomic E-state index is 13.6. The van der Waals surface area contributed by atoms with E-state index in [1.807, 2.05) is 24.3 Å². The van der Waals surface area contributed by atoms with E-state index in [-0.39, 0.29) is 29.5 Å². The van der Waals surface area contributed by atoms with Gasteiger partial charge in [0.15, 0.2) is 5.69 Å². The van der Waals surface area contributed by atoms with Gasteiger partial charge in [-0.15, -0.1) is 0 Å². The number of aromatic nitrogens is 5. The van der Waals surface area contributed by atoms with E-state index in [1.54, 1.807) is 17.0 Å². The number of methoxy groups -OCH3 is 1. The van der Waals surface area contributed by atoms with Crippen molar-refractivity contribution in [3.8, 4) is 17.1 Å². The SMILES string of the molecule is COc1cc(-c2cc(C(=O)N3CCC(C(N)=O)CC3Cc3n[nH]c4ccccc34)n[nH]2)c(Cl)cn1. The Hall–Kier alpha value is -3.92. The van der Waals surface area contributed by atoms with Crippen LogP contribution in [0.2, 0.25) is 5.02 Å². The molecule has 3 aromatic heterocycles. The molecule has 1 aromatic carbocycles. The number of halogens is 1. The van der Waals surface area contributed by atoms with E-state index >= 15 is 0 Å². The Morgan fingerprint density at radius 2 is 2.06 bits per heavy atom. The van der Waals surface area contributed by atoms with Crippen molar-refractivity contribution >= 4 is 34.3 Å². The van der Waals surface area contributed by atoms with Crippen molar-refractivity contribution in [3.05, 3.63) is 59.0 Å². The van der Waals surface area contributed by atoms with E-state index < -0.39 is 0 Å². The number of piperidine rings is 1. The fourth-order valence-corrected chi connectivity index (χ4v) is 4.83. The average Bonchev–Trinajstić information content (AvgIpc) is 3.52. The summed E-state index contributed by atoms with van der Waals surface area (Å²) in [6.07, 6.45) is 2.94. The lowest BCUT2D eigenvalue weighted by Gasteiger charge is -2.38. The minimum Gasteiger partial charge on any atom is -0.481 e. The van der Waals surface area contributed by atoms with E-state index in [0.717, 1.165) is 16.6 Å². The number of nitrogens with zero attached hydrogens (tertiary/aromatic N) is 4. The zero-order chi connectivity index (χ0) is 24.5. The molecule has 1 aliphatic rings. The summed E-state index contributed by atoms with van der Waals surface area (Å²) in [6, 6.07) is 10.9. The van der Waals surface area contributed by atoms with Gasteiger partial charge in [-0.3, -0.25) is 19.8 Å². The van der Waals surface area contributed by atoms with Crippen LogP contribution in [0.15, 0.2) is 42.6 Å². The number of rotatable bonds is 6. The highest BCUT2D eigenvalue weighted by atomic mass is 35.5. The van der Waals surface area contributed by atoms with Gasteiger partial charge in [-0.2, -0.15) is 10.2 Å². The lowest BCUT2D eigenvalue weighted by molar-refractivity contribution is -0.123. The lowest BCUT2D eigenvalue weighted by atomic mass is 9.87. The molecule has 1 aliphatic heterocycles. The van der Waals surface area contributed by atoms with Crippen LogP contribution in [0.3, 0.4) is 0 Å². The normalized spacial score (nSPS) is 18.1. The fraction of sp³-hybridized carbons (Fsp3) is 0.292. The van der Waals surface area contributed by atoms with Gasteiger partial charge in [0.05, 0.1) is 35.2 Å². The second-order valence-electron chi connectivity index (χ2n) is 8.57. The molecule has 2 unspecified atom stereocenters. The number of hydrogen-bond acceptors (Lipinski definition) is 6. The van der Waals surface area contributed by atoms with E-state index in [9.17, 15) is 9.59 Å². The molecule has 180 valence electrons. The van der Waals surface area contributed by atoms with Crippen molar-refractivity contribution in [2.45, 2.75) is 25.3 Å². The van der Waals surface area contributed by atoms with Crippen molar-refractivity contribution in [2.75, 3.05) is 13.7 Å². The third-order valence-electron chi connectivity index (χ3n) is 6.48. The minimum absolute atomic E-state index is 0.239. The number of carbonyl (C=O) groups is 2. The van der Waals surface area contributed by atoms with Crippen LogP contribution in [-0.4, -0.2) is 61.8 Å². The maximum Gasteiger partial charge on any atom is 0.274 e. The van der Waals surface area contributed by atoms with Gasteiger partial charge in [0.25, 0.3) is 5.91 Å². The Morgan fingerprint density at radius 3 is 2.86 bits per heavy atom. The molecule has 1 fully saturated rings. The van der Waals surface area contributed by atoms with Gasteiger partial charge in [-0.25, -0.2) is 4.98 Å². The number of amides is 2. The Kier molecular flexibility index (Phi) is 6.12. The predicted molar refractivity (Wildman–Crippen MR) is 130 cm³/mol. The van der Waals surface area contributed by atoms with Crippen LogP contribution in [0, 0.1) is 5.92 Å². The number of hydrogen-bond donors (Lipinski definition) is 3. The first-order valence-corrected chi connectivity index (χ1v) is 11.6. The van der Waals surface area contributed by atoms with Gasteiger partial charge in [0.1, 0.15) is 0 Å². The molecule has 0 aliphatic carbocycles. The standard InChI is InChI=1S/C24H24ClN7O3/c1-35-22-10-16(17(25)12-27-22)20-11-21(31-30-20)24(34)32-7-6-13(23(26)33)8-14(32)9-19-15-4-2-3-5-18(15)28-29-19/h2-5,10-14H,6-9H2,1H3,(H2,26,33)(H,28,29)(H,30,31). The number of benzene rings is 1. The first kappa shape index (κ1) is 22.9. The largest absolute Gasteiger partial charge is 0.481 e. The number of para-hydroxylation sites is 1. The molecule has 10 nitrogen and oxygen atoms in total. The monoisotopic (exact) mass is 493 g/mol. The van der Waals surface area contributed by atoms with Crippen LogP contribution < -0.4 is 10.5 Å². The molecule has 1 saturated heterocycles. The highest BCUT2D eigenvalue weighted by Gasteiger charge is 2.36. The van der Waals surface area contributed by atoms with Gasteiger partial charge in [-0.1, -0.05) is 29.8 Å². The molecule has 2 amide bonds. The number of fused-ring (bicyclic) bond motifs is 1. The molecule has 0 spiro atoms. The molecule has 4 N–H and O–H groups in total.